The molecule has 2 heterocycles. The van der Waals surface area contributed by atoms with Crippen molar-refractivity contribution >= 4 is 17.2 Å². The standard InChI is InChI=1S/C13H19N3S/c1-10-4-2-6-12(15-10)9-16-7-3-5-11(8-16)13(14)17/h2,4,6,11H,3,5,7-9H2,1H3,(H2,14,17). The number of piperidine rings is 1. The molecule has 2 N–H and O–H groups in total. The van der Waals surface area contributed by atoms with Gasteiger partial charge in [0.25, 0.3) is 0 Å². The highest BCUT2D eigenvalue weighted by Gasteiger charge is 2.21. The molecular formula is C13H19N3S. The van der Waals surface area contributed by atoms with Gasteiger partial charge in [-0.3, -0.25) is 9.88 Å². The highest BCUT2D eigenvalue weighted by atomic mass is 32.1. The summed E-state index contributed by atoms with van der Waals surface area (Å²) in [7, 11) is 0. The van der Waals surface area contributed by atoms with Crippen LogP contribution in [0.2, 0.25) is 0 Å². The lowest BCUT2D eigenvalue weighted by Gasteiger charge is -2.31. The van der Waals surface area contributed by atoms with Gasteiger partial charge in [-0.05, 0) is 38.4 Å². The van der Waals surface area contributed by atoms with Gasteiger partial charge in [-0.25, -0.2) is 0 Å². The Balaban J connectivity index is 1.97. The Morgan fingerprint density at radius 3 is 3.12 bits per heavy atom. The van der Waals surface area contributed by atoms with Crippen LogP contribution in [0.4, 0.5) is 0 Å². The van der Waals surface area contributed by atoms with Crippen LogP contribution in [-0.4, -0.2) is 28.0 Å². The van der Waals surface area contributed by atoms with Crippen LogP contribution < -0.4 is 5.73 Å². The molecule has 1 atom stereocenters. The molecule has 1 aliphatic heterocycles. The van der Waals surface area contributed by atoms with Gasteiger partial charge in [0.1, 0.15) is 0 Å². The molecule has 1 saturated heterocycles. The molecule has 4 heteroatoms. The molecule has 0 amide bonds. The summed E-state index contributed by atoms with van der Waals surface area (Å²) < 4.78 is 0. The van der Waals surface area contributed by atoms with Crippen LogP contribution in [0.1, 0.15) is 24.2 Å². The lowest BCUT2D eigenvalue weighted by molar-refractivity contribution is 0.195. The SMILES string of the molecule is Cc1cccc(CN2CCCC(C(N)=S)C2)n1. The van der Waals surface area contributed by atoms with E-state index in [2.05, 4.69) is 22.0 Å². The summed E-state index contributed by atoms with van der Waals surface area (Å²) in [6.45, 7) is 5.03. The molecule has 3 nitrogen and oxygen atoms in total. The lowest BCUT2D eigenvalue weighted by atomic mass is 9.98. The lowest BCUT2D eigenvalue weighted by Crippen LogP contribution is -2.40. The van der Waals surface area contributed by atoms with E-state index in [1.807, 2.05) is 13.0 Å². The fourth-order valence-corrected chi connectivity index (χ4v) is 2.54. The van der Waals surface area contributed by atoms with Gasteiger partial charge in [-0.15, -0.1) is 0 Å². The van der Waals surface area contributed by atoms with Crippen molar-refractivity contribution in [2.45, 2.75) is 26.3 Å². The van der Waals surface area contributed by atoms with Crippen LogP contribution in [0, 0.1) is 12.8 Å². The van der Waals surface area contributed by atoms with Crippen LogP contribution in [0.25, 0.3) is 0 Å². The van der Waals surface area contributed by atoms with Crippen molar-refractivity contribution in [3.8, 4) is 0 Å². The van der Waals surface area contributed by atoms with Crippen LogP contribution in [-0.2, 0) is 6.54 Å². The summed E-state index contributed by atoms with van der Waals surface area (Å²) in [5, 5.41) is 0. The molecule has 1 fully saturated rings. The molecule has 17 heavy (non-hydrogen) atoms. The van der Waals surface area contributed by atoms with Crippen molar-refractivity contribution in [1.29, 1.82) is 0 Å². The van der Waals surface area contributed by atoms with Crippen LogP contribution in [0.5, 0.6) is 0 Å². The average Bonchev–Trinajstić information content (AvgIpc) is 2.29. The van der Waals surface area contributed by atoms with Gasteiger partial charge in [0, 0.05) is 24.7 Å². The third-order valence-corrected chi connectivity index (χ3v) is 3.57. The quantitative estimate of drug-likeness (QED) is 0.831. The highest BCUT2D eigenvalue weighted by Crippen LogP contribution is 2.18. The molecule has 92 valence electrons. The Labute approximate surface area is 108 Å². The molecule has 0 bridgehead atoms. The van der Waals surface area contributed by atoms with Gasteiger partial charge in [-0.1, -0.05) is 18.3 Å². The maximum absolute atomic E-state index is 5.74. The van der Waals surface area contributed by atoms with Gasteiger partial charge < -0.3 is 5.73 Å². The van der Waals surface area contributed by atoms with E-state index in [0.29, 0.717) is 10.9 Å². The first-order valence-corrected chi connectivity index (χ1v) is 6.50. The van der Waals surface area contributed by atoms with E-state index in [1.54, 1.807) is 0 Å². The van der Waals surface area contributed by atoms with E-state index in [-0.39, 0.29) is 0 Å². The maximum Gasteiger partial charge on any atom is 0.0771 e. The molecule has 1 aromatic heterocycles. The Bertz CT molecular complexity index is 405. The maximum atomic E-state index is 5.74. The minimum absolute atomic E-state index is 0.378. The van der Waals surface area contributed by atoms with Gasteiger partial charge >= 0.3 is 0 Å². The number of nitrogens with zero attached hydrogens (tertiary/aromatic N) is 2. The van der Waals surface area contributed by atoms with Crippen LogP contribution in [0.15, 0.2) is 18.2 Å². The van der Waals surface area contributed by atoms with Crippen molar-refractivity contribution in [1.82, 2.24) is 9.88 Å². The van der Waals surface area contributed by atoms with Crippen molar-refractivity contribution in [3.05, 3.63) is 29.6 Å². The number of nitrogens with two attached hydrogens (primary N) is 1. The smallest absolute Gasteiger partial charge is 0.0771 e. The molecule has 0 spiro atoms. The molecule has 1 aromatic rings. The summed E-state index contributed by atoms with van der Waals surface area (Å²) >= 11 is 5.09. The first-order valence-electron chi connectivity index (χ1n) is 6.09. The number of rotatable bonds is 3. The zero-order valence-corrected chi connectivity index (χ0v) is 11.0. The molecule has 2 rings (SSSR count). The fourth-order valence-electron chi connectivity index (χ4n) is 2.35. The Morgan fingerprint density at radius 1 is 1.59 bits per heavy atom. The van der Waals surface area contributed by atoms with Crippen molar-refractivity contribution in [2.75, 3.05) is 13.1 Å². The third kappa shape index (κ3) is 3.48. The molecule has 0 aliphatic carbocycles. The first kappa shape index (κ1) is 12.5. The zero-order valence-electron chi connectivity index (χ0n) is 10.2. The largest absolute Gasteiger partial charge is 0.393 e. The summed E-state index contributed by atoms with van der Waals surface area (Å²) in [5.74, 6) is 0.378. The molecule has 0 aromatic carbocycles. The zero-order chi connectivity index (χ0) is 12.3. The number of aromatic nitrogens is 1. The van der Waals surface area contributed by atoms with Gasteiger partial charge in [0.05, 0.1) is 10.7 Å². The minimum atomic E-state index is 0.378. The Kier molecular flexibility index (Phi) is 4.07. The normalized spacial score (nSPS) is 21.4. The highest BCUT2D eigenvalue weighted by molar-refractivity contribution is 7.80. The molecule has 0 saturated carbocycles. The fraction of sp³-hybridized carbons (Fsp3) is 0.538. The van der Waals surface area contributed by atoms with Gasteiger partial charge in [0.2, 0.25) is 0 Å². The predicted octanol–water partition coefficient (Wildman–Crippen LogP) is 1.89. The number of pyridine rings is 1. The molecule has 1 unspecified atom stereocenters. The Hall–Kier alpha value is -1.00. The molecule has 0 radical (unpaired) electrons. The number of likely N-dealkylation sites (tertiary alicyclic amines) is 1. The van der Waals surface area contributed by atoms with Crippen molar-refractivity contribution in [2.24, 2.45) is 11.7 Å². The van der Waals surface area contributed by atoms with E-state index >= 15 is 0 Å². The molecule has 1 aliphatic rings. The first-order chi connectivity index (χ1) is 8.15. The number of thiocarbonyl (C=S) groups is 1. The second-order valence-electron chi connectivity index (χ2n) is 4.75. The number of hydrogen-bond acceptors (Lipinski definition) is 3. The van der Waals surface area contributed by atoms with E-state index in [0.717, 1.165) is 37.4 Å². The third-order valence-electron chi connectivity index (χ3n) is 3.24. The monoisotopic (exact) mass is 249 g/mol. The summed E-state index contributed by atoms with van der Waals surface area (Å²) in [5.41, 5.74) is 7.94. The second kappa shape index (κ2) is 5.56. The summed E-state index contributed by atoms with van der Waals surface area (Å²) in [4.78, 5) is 7.59. The number of hydrogen-bond donors (Lipinski definition) is 1. The number of aryl methyl sites for hydroxylation is 1. The van der Waals surface area contributed by atoms with E-state index in [1.165, 1.54) is 6.42 Å². The molecular weight excluding hydrogens is 230 g/mol. The van der Waals surface area contributed by atoms with Crippen LogP contribution >= 0.6 is 12.2 Å². The van der Waals surface area contributed by atoms with Gasteiger partial charge in [0.15, 0.2) is 0 Å². The van der Waals surface area contributed by atoms with Gasteiger partial charge in [-0.2, -0.15) is 0 Å². The second-order valence-corrected chi connectivity index (χ2v) is 5.22. The van der Waals surface area contributed by atoms with E-state index in [9.17, 15) is 0 Å². The predicted molar refractivity (Wildman–Crippen MR) is 73.8 cm³/mol. The topological polar surface area (TPSA) is 42.1 Å². The van der Waals surface area contributed by atoms with Crippen LogP contribution in [0.3, 0.4) is 0 Å². The minimum Gasteiger partial charge on any atom is -0.393 e. The van der Waals surface area contributed by atoms with Crippen molar-refractivity contribution < 1.29 is 0 Å². The summed E-state index contributed by atoms with van der Waals surface area (Å²) in [6.07, 6.45) is 2.31. The summed E-state index contributed by atoms with van der Waals surface area (Å²) in [6, 6.07) is 6.17. The van der Waals surface area contributed by atoms with Crippen molar-refractivity contribution in [3.63, 3.8) is 0 Å². The Morgan fingerprint density at radius 2 is 2.41 bits per heavy atom. The van der Waals surface area contributed by atoms with E-state index in [4.69, 9.17) is 18.0 Å². The average molecular weight is 249 g/mol. The van der Waals surface area contributed by atoms with E-state index < -0.39 is 0 Å².